The molecule has 0 aliphatic heterocycles. The van der Waals surface area contributed by atoms with Gasteiger partial charge < -0.3 is 14.1 Å². The quantitative estimate of drug-likeness (QED) is 0.670. The van der Waals surface area contributed by atoms with Crippen LogP contribution in [-0.4, -0.2) is 37.5 Å². The molecule has 0 radical (unpaired) electrons. The lowest BCUT2D eigenvalue weighted by Crippen LogP contribution is -2.32. The van der Waals surface area contributed by atoms with Gasteiger partial charge in [0.15, 0.2) is 0 Å². The Morgan fingerprint density at radius 2 is 2.12 bits per heavy atom. The normalized spacial score (nSPS) is 9.62. The Bertz CT molecular complexity index is 430. The zero-order valence-corrected chi connectivity index (χ0v) is 8.93. The van der Waals surface area contributed by atoms with Crippen LogP contribution in [0.3, 0.4) is 0 Å². The third kappa shape index (κ3) is 2.94. The first-order valence-electron chi connectivity index (χ1n) is 4.45. The summed E-state index contributed by atoms with van der Waals surface area (Å²) in [4.78, 5) is 34.4. The summed E-state index contributed by atoms with van der Waals surface area (Å²) in [6, 6.07) is 2.47. The molecule has 0 saturated heterocycles. The smallest absolute Gasteiger partial charge is 0.335 e. The summed E-state index contributed by atoms with van der Waals surface area (Å²) < 4.78 is 8.96. The average molecular weight is 225 g/mol. The predicted octanol–water partition coefficient (Wildman–Crippen LogP) is -0.115. The minimum Gasteiger partial charge on any atom is -0.468 e. The molecule has 0 aliphatic rings. The van der Waals surface area contributed by atoms with Gasteiger partial charge in [0.2, 0.25) is 0 Å². The molecule has 0 fully saturated rings. The van der Waals surface area contributed by atoms with Gasteiger partial charge in [-0.1, -0.05) is 0 Å². The van der Waals surface area contributed by atoms with Crippen molar-refractivity contribution >= 4 is 11.9 Å². The zero-order valence-electron chi connectivity index (χ0n) is 8.93. The molecule has 6 heteroatoms. The Balaban J connectivity index is 2.74. The van der Waals surface area contributed by atoms with Gasteiger partial charge in [-0.2, -0.15) is 0 Å². The van der Waals surface area contributed by atoms with Crippen molar-refractivity contribution in [2.45, 2.75) is 0 Å². The summed E-state index contributed by atoms with van der Waals surface area (Å²) in [7, 11) is 2.69. The third-order valence-corrected chi connectivity index (χ3v) is 1.89. The Hall–Kier alpha value is -2.11. The van der Waals surface area contributed by atoms with Gasteiger partial charge in [-0.05, 0) is 6.07 Å². The maximum Gasteiger partial charge on any atom is 0.335 e. The molecule has 0 aromatic carbocycles. The molecule has 1 aromatic heterocycles. The van der Waals surface area contributed by atoms with Crippen LogP contribution < -0.4 is 5.63 Å². The summed E-state index contributed by atoms with van der Waals surface area (Å²) in [6.07, 6.45) is 1.05. The van der Waals surface area contributed by atoms with Crippen LogP contribution in [-0.2, 0) is 9.53 Å². The van der Waals surface area contributed by atoms with E-state index in [0.717, 1.165) is 12.3 Å². The number of hydrogen-bond donors (Lipinski definition) is 0. The SMILES string of the molecule is COC(=O)CN(C)C(=O)c1ccc(=O)oc1. The molecule has 0 N–H and O–H groups in total. The number of carbonyl (C=O) groups is 2. The van der Waals surface area contributed by atoms with Crippen molar-refractivity contribution in [3.63, 3.8) is 0 Å². The topological polar surface area (TPSA) is 76.8 Å². The lowest BCUT2D eigenvalue weighted by Gasteiger charge is -2.14. The second-order valence-corrected chi connectivity index (χ2v) is 3.08. The minimum absolute atomic E-state index is 0.158. The highest BCUT2D eigenvalue weighted by molar-refractivity contribution is 5.95. The fourth-order valence-corrected chi connectivity index (χ4v) is 1.03. The van der Waals surface area contributed by atoms with E-state index in [1.807, 2.05) is 0 Å². The summed E-state index contributed by atoms with van der Waals surface area (Å²) in [6.45, 7) is -0.158. The maximum atomic E-state index is 11.7. The number of carbonyl (C=O) groups excluding carboxylic acids is 2. The summed E-state index contributed by atoms with van der Waals surface area (Å²) in [5, 5.41) is 0. The van der Waals surface area contributed by atoms with Crippen LogP contribution in [0.1, 0.15) is 10.4 Å². The van der Waals surface area contributed by atoms with Gasteiger partial charge in [-0.15, -0.1) is 0 Å². The molecule has 0 aliphatic carbocycles. The van der Waals surface area contributed by atoms with Crippen molar-refractivity contribution in [3.05, 3.63) is 34.4 Å². The predicted molar refractivity (Wildman–Crippen MR) is 54.0 cm³/mol. The van der Waals surface area contributed by atoms with Crippen LogP contribution >= 0.6 is 0 Å². The highest BCUT2D eigenvalue weighted by Crippen LogP contribution is 2.00. The number of ether oxygens (including phenoxy) is 1. The molecule has 16 heavy (non-hydrogen) atoms. The van der Waals surface area contributed by atoms with E-state index in [9.17, 15) is 14.4 Å². The van der Waals surface area contributed by atoms with Gasteiger partial charge in [0.25, 0.3) is 5.91 Å². The molecular formula is C10H11NO5. The summed E-state index contributed by atoms with van der Waals surface area (Å²) in [5.41, 5.74) is -0.335. The van der Waals surface area contributed by atoms with Crippen LogP contribution in [0.4, 0.5) is 0 Å². The number of hydrogen-bond acceptors (Lipinski definition) is 5. The highest BCUT2D eigenvalue weighted by atomic mass is 16.5. The van der Waals surface area contributed by atoms with Gasteiger partial charge in [-0.3, -0.25) is 9.59 Å². The van der Waals surface area contributed by atoms with Crippen molar-refractivity contribution in [2.75, 3.05) is 20.7 Å². The van der Waals surface area contributed by atoms with Crippen molar-refractivity contribution in [1.29, 1.82) is 0 Å². The standard InChI is InChI=1S/C10H11NO5/c1-11(5-9(13)15-2)10(14)7-3-4-8(12)16-6-7/h3-4,6H,5H2,1-2H3. The van der Waals surface area contributed by atoms with Crippen molar-refractivity contribution < 1.29 is 18.7 Å². The Kier molecular flexibility index (Phi) is 3.82. The molecule has 86 valence electrons. The average Bonchev–Trinajstić information content (AvgIpc) is 2.28. The molecule has 1 rings (SSSR count). The third-order valence-electron chi connectivity index (χ3n) is 1.89. The molecule has 6 nitrogen and oxygen atoms in total. The number of nitrogens with zero attached hydrogens (tertiary/aromatic N) is 1. The van der Waals surface area contributed by atoms with E-state index in [0.29, 0.717) is 0 Å². The van der Waals surface area contributed by atoms with Gasteiger partial charge in [-0.25, -0.2) is 4.79 Å². The first-order chi connectivity index (χ1) is 7.54. The van der Waals surface area contributed by atoms with Gasteiger partial charge in [0.1, 0.15) is 12.8 Å². The van der Waals surface area contributed by atoms with E-state index in [2.05, 4.69) is 9.15 Å². The molecule has 0 saturated carbocycles. The fraction of sp³-hybridized carbons (Fsp3) is 0.300. The van der Waals surface area contributed by atoms with Gasteiger partial charge in [0.05, 0.1) is 12.7 Å². The maximum absolute atomic E-state index is 11.7. The highest BCUT2D eigenvalue weighted by Gasteiger charge is 2.15. The number of rotatable bonds is 3. The molecule has 0 spiro atoms. The van der Waals surface area contributed by atoms with Crippen LogP contribution in [0, 0.1) is 0 Å². The molecule has 0 atom stereocenters. The molecule has 1 amide bonds. The number of esters is 1. The second-order valence-electron chi connectivity index (χ2n) is 3.08. The lowest BCUT2D eigenvalue weighted by atomic mass is 10.2. The number of amides is 1. The van der Waals surface area contributed by atoms with E-state index in [1.165, 1.54) is 25.1 Å². The molecular weight excluding hydrogens is 214 g/mol. The number of methoxy groups -OCH3 is 1. The first-order valence-corrected chi connectivity index (χ1v) is 4.45. The molecule has 1 heterocycles. The Morgan fingerprint density at radius 3 is 2.62 bits per heavy atom. The lowest BCUT2D eigenvalue weighted by molar-refractivity contribution is -0.141. The Labute approximate surface area is 91.4 Å². The van der Waals surface area contributed by atoms with Crippen LogP contribution in [0.25, 0.3) is 0 Å². The van der Waals surface area contributed by atoms with Crippen molar-refractivity contribution in [2.24, 2.45) is 0 Å². The molecule has 1 aromatic rings. The van der Waals surface area contributed by atoms with Crippen molar-refractivity contribution in [3.8, 4) is 0 Å². The monoisotopic (exact) mass is 225 g/mol. The first kappa shape index (κ1) is 12.0. The van der Waals surface area contributed by atoms with E-state index in [4.69, 9.17) is 0 Å². The van der Waals surface area contributed by atoms with Crippen LogP contribution in [0.5, 0.6) is 0 Å². The minimum atomic E-state index is -0.535. The van der Waals surface area contributed by atoms with E-state index in [1.54, 1.807) is 0 Å². The van der Waals surface area contributed by atoms with E-state index in [-0.39, 0.29) is 12.1 Å². The van der Waals surface area contributed by atoms with E-state index < -0.39 is 17.5 Å². The second kappa shape index (κ2) is 5.11. The Morgan fingerprint density at radius 1 is 1.44 bits per heavy atom. The number of likely N-dealkylation sites (N-methyl/N-ethyl adjacent to an activating group) is 1. The largest absolute Gasteiger partial charge is 0.468 e. The van der Waals surface area contributed by atoms with Gasteiger partial charge >= 0.3 is 11.6 Å². The molecule has 0 unspecified atom stereocenters. The van der Waals surface area contributed by atoms with Crippen LogP contribution in [0.2, 0.25) is 0 Å². The van der Waals surface area contributed by atoms with Gasteiger partial charge in [0, 0.05) is 13.1 Å². The summed E-state index contributed by atoms with van der Waals surface area (Å²) >= 11 is 0. The van der Waals surface area contributed by atoms with Crippen LogP contribution in [0.15, 0.2) is 27.6 Å². The summed E-state index contributed by atoms with van der Waals surface area (Å²) in [5.74, 6) is -0.942. The molecule has 0 bridgehead atoms. The van der Waals surface area contributed by atoms with E-state index >= 15 is 0 Å². The van der Waals surface area contributed by atoms with Crippen molar-refractivity contribution in [1.82, 2.24) is 4.90 Å². The zero-order chi connectivity index (χ0) is 12.1. The fourth-order valence-electron chi connectivity index (χ4n) is 1.03.